The second kappa shape index (κ2) is 3.77. The minimum absolute atomic E-state index is 0.574. The van der Waals surface area contributed by atoms with E-state index < -0.39 is 29.7 Å². The summed E-state index contributed by atoms with van der Waals surface area (Å²) in [6.45, 7) is 1.18. The largest absolute Gasteiger partial charge is 0.422 e. The Hall–Kier alpha value is -1.17. The van der Waals surface area contributed by atoms with Crippen LogP contribution in [0.5, 0.6) is 0 Å². The summed E-state index contributed by atoms with van der Waals surface area (Å²) in [6.07, 6.45) is -4.76. The van der Waals surface area contributed by atoms with E-state index in [-0.39, 0.29) is 0 Å². The quantitative estimate of drug-likeness (QED) is 0.781. The lowest BCUT2D eigenvalue weighted by Gasteiger charge is -2.28. The molecule has 0 radical (unpaired) electrons. The molecule has 0 bridgehead atoms. The summed E-state index contributed by atoms with van der Waals surface area (Å²) in [4.78, 5) is 3.24. The molecule has 15 heavy (non-hydrogen) atoms. The number of nitrogens with zero attached hydrogens (tertiary/aromatic N) is 1. The third kappa shape index (κ3) is 2.09. The highest BCUT2D eigenvalue weighted by atomic mass is 19.4. The molecule has 84 valence electrons. The highest BCUT2D eigenvalue weighted by molar-refractivity contribution is 5.15. The van der Waals surface area contributed by atoms with Crippen LogP contribution in [0.1, 0.15) is 19.0 Å². The third-order valence-corrected chi connectivity index (χ3v) is 2.13. The van der Waals surface area contributed by atoms with Crippen molar-refractivity contribution in [3.63, 3.8) is 0 Å². The summed E-state index contributed by atoms with van der Waals surface area (Å²) >= 11 is 0. The van der Waals surface area contributed by atoms with Crippen LogP contribution in [0.2, 0.25) is 0 Å². The summed E-state index contributed by atoms with van der Waals surface area (Å²) in [6, 6.07) is 1.65. The predicted molar refractivity (Wildman–Crippen MR) is 44.4 cm³/mol. The van der Waals surface area contributed by atoms with E-state index in [2.05, 4.69) is 4.98 Å². The minimum Gasteiger partial charge on any atom is -0.375 e. The van der Waals surface area contributed by atoms with Crippen molar-refractivity contribution in [1.29, 1.82) is 0 Å². The second-order valence-electron chi connectivity index (χ2n) is 3.07. The van der Waals surface area contributed by atoms with Crippen molar-refractivity contribution in [2.75, 3.05) is 0 Å². The fourth-order valence-corrected chi connectivity index (χ4v) is 1.15. The summed E-state index contributed by atoms with van der Waals surface area (Å²) < 4.78 is 50.0. The first-order chi connectivity index (χ1) is 6.81. The fourth-order valence-electron chi connectivity index (χ4n) is 1.15. The van der Waals surface area contributed by atoms with E-state index in [9.17, 15) is 22.7 Å². The van der Waals surface area contributed by atoms with Crippen LogP contribution in [0.25, 0.3) is 0 Å². The molecule has 1 aromatic heterocycles. The molecule has 0 fully saturated rings. The van der Waals surface area contributed by atoms with Gasteiger partial charge in [0, 0.05) is 0 Å². The summed E-state index contributed by atoms with van der Waals surface area (Å²) in [5, 5.41) is 9.41. The van der Waals surface area contributed by atoms with Crippen LogP contribution >= 0.6 is 0 Å². The fraction of sp³-hybridized carbons (Fsp3) is 0.444. The molecule has 1 unspecified atom stereocenters. The van der Waals surface area contributed by atoms with Gasteiger partial charge in [-0.25, -0.2) is 4.39 Å². The molecule has 0 saturated heterocycles. The van der Waals surface area contributed by atoms with Crippen LogP contribution in [0, 0.1) is 5.82 Å². The zero-order valence-corrected chi connectivity index (χ0v) is 7.85. The lowest BCUT2D eigenvalue weighted by molar-refractivity contribution is -0.269. The van der Waals surface area contributed by atoms with Crippen molar-refractivity contribution < 1.29 is 22.7 Å². The van der Waals surface area contributed by atoms with Gasteiger partial charge in [0.25, 0.3) is 0 Å². The Morgan fingerprint density at radius 3 is 2.27 bits per heavy atom. The molecular weight excluding hydrogens is 214 g/mol. The van der Waals surface area contributed by atoms with Gasteiger partial charge in [0.1, 0.15) is 5.82 Å². The minimum atomic E-state index is -4.83. The van der Waals surface area contributed by atoms with Gasteiger partial charge in [0.2, 0.25) is 5.60 Å². The number of hydrogen-bond acceptors (Lipinski definition) is 2. The average molecular weight is 223 g/mol. The van der Waals surface area contributed by atoms with Gasteiger partial charge < -0.3 is 5.11 Å². The van der Waals surface area contributed by atoms with Crippen molar-refractivity contribution in [2.45, 2.75) is 25.1 Å². The van der Waals surface area contributed by atoms with Crippen molar-refractivity contribution in [3.05, 3.63) is 29.8 Å². The highest BCUT2D eigenvalue weighted by Gasteiger charge is 2.54. The Bertz CT molecular complexity index is 335. The molecule has 1 N–H and O–H groups in total. The molecule has 0 aliphatic carbocycles. The SMILES string of the molecule is CCC(O)(c1ccc(F)cn1)C(F)(F)F. The number of hydrogen-bond donors (Lipinski definition) is 1. The van der Waals surface area contributed by atoms with Gasteiger partial charge in [-0.05, 0) is 18.6 Å². The first kappa shape index (κ1) is 11.9. The maximum Gasteiger partial charge on any atom is 0.422 e. The molecule has 0 spiro atoms. The van der Waals surface area contributed by atoms with Crippen molar-refractivity contribution in [2.24, 2.45) is 0 Å². The molecule has 0 aliphatic rings. The molecule has 1 heterocycles. The van der Waals surface area contributed by atoms with Crippen LogP contribution in [-0.4, -0.2) is 16.3 Å². The Labute approximate surface area is 83.6 Å². The predicted octanol–water partition coefficient (Wildman–Crippen LogP) is 2.38. The smallest absolute Gasteiger partial charge is 0.375 e. The third-order valence-electron chi connectivity index (χ3n) is 2.13. The monoisotopic (exact) mass is 223 g/mol. The molecule has 1 rings (SSSR count). The number of aromatic nitrogens is 1. The van der Waals surface area contributed by atoms with Gasteiger partial charge in [-0.2, -0.15) is 13.2 Å². The van der Waals surface area contributed by atoms with E-state index in [0.717, 1.165) is 12.1 Å². The zero-order valence-electron chi connectivity index (χ0n) is 7.85. The van der Waals surface area contributed by atoms with E-state index >= 15 is 0 Å². The summed E-state index contributed by atoms with van der Waals surface area (Å²) in [5.41, 5.74) is -3.61. The van der Waals surface area contributed by atoms with Gasteiger partial charge in [0.15, 0.2) is 0 Å². The van der Waals surface area contributed by atoms with E-state index in [1.807, 2.05) is 0 Å². The van der Waals surface area contributed by atoms with E-state index in [1.54, 1.807) is 0 Å². The van der Waals surface area contributed by atoms with Crippen molar-refractivity contribution in [1.82, 2.24) is 4.98 Å². The van der Waals surface area contributed by atoms with Crippen LogP contribution in [0.15, 0.2) is 18.3 Å². The van der Waals surface area contributed by atoms with Crippen LogP contribution in [0.4, 0.5) is 17.6 Å². The first-order valence-corrected chi connectivity index (χ1v) is 4.22. The van der Waals surface area contributed by atoms with Crippen molar-refractivity contribution in [3.8, 4) is 0 Å². The Morgan fingerprint density at radius 2 is 1.93 bits per heavy atom. The van der Waals surface area contributed by atoms with Gasteiger partial charge in [0.05, 0.1) is 11.9 Å². The second-order valence-corrected chi connectivity index (χ2v) is 3.07. The number of aliphatic hydroxyl groups is 1. The molecule has 0 aromatic carbocycles. The van der Waals surface area contributed by atoms with Gasteiger partial charge in [-0.15, -0.1) is 0 Å². The van der Waals surface area contributed by atoms with Crippen LogP contribution in [0.3, 0.4) is 0 Å². The first-order valence-electron chi connectivity index (χ1n) is 4.22. The van der Waals surface area contributed by atoms with E-state index in [1.165, 1.54) is 6.92 Å². The molecule has 0 amide bonds. The molecule has 0 aliphatic heterocycles. The van der Waals surface area contributed by atoms with Crippen LogP contribution in [-0.2, 0) is 5.60 Å². The Balaban J connectivity index is 3.18. The van der Waals surface area contributed by atoms with Gasteiger partial charge in [-0.1, -0.05) is 6.92 Å². The number of rotatable bonds is 2. The lowest BCUT2D eigenvalue weighted by atomic mass is 9.95. The van der Waals surface area contributed by atoms with Crippen molar-refractivity contribution >= 4 is 0 Å². The van der Waals surface area contributed by atoms with Gasteiger partial charge in [-0.3, -0.25) is 4.98 Å². The van der Waals surface area contributed by atoms with E-state index in [0.29, 0.717) is 6.20 Å². The molecular formula is C9H9F4NO. The summed E-state index contributed by atoms with van der Waals surface area (Å²) in [7, 11) is 0. The maximum absolute atomic E-state index is 12.5. The molecule has 2 nitrogen and oxygen atoms in total. The summed E-state index contributed by atoms with van der Waals surface area (Å²) in [5.74, 6) is -0.751. The van der Waals surface area contributed by atoms with E-state index in [4.69, 9.17) is 0 Å². The lowest BCUT2D eigenvalue weighted by Crippen LogP contribution is -2.42. The standard InChI is InChI=1S/C9H9F4NO/c1-2-8(15,9(11,12)13)7-4-3-6(10)5-14-7/h3-5,15H,2H2,1H3. The Morgan fingerprint density at radius 1 is 1.33 bits per heavy atom. The highest BCUT2D eigenvalue weighted by Crippen LogP contribution is 2.40. The molecule has 6 heteroatoms. The Kier molecular flexibility index (Phi) is 2.99. The maximum atomic E-state index is 12.5. The number of halogens is 4. The zero-order chi connectivity index (χ0) is 11.7. The number of pyridine rings is 1. The molecule has 0 saturated carbocycles. The topological polar surface area (TPSA) is 33.1 Å². The van der Waals surface area contributed by atoms with Gasteiger partial charge >= 0.3 is 6.18 Å². The van der Waals surface area contributed by atoms with Crippen LogP contribution < -0.4 is 0 Å². The molecule has 1 aromatic rings. The average Bonchev–Trinajstić information content (AvgIpc) is 2.16. The number of alkyl halides is 3. The normalized spacial score (nSPS) is 16.1. The molecule has 1 atom stereocenters.